The summed E-state index contributed by atoms with van der Waals surface area (Å²) in [7, 11) is 6.22. The summed E-state index contributed by atoms with van der Waals surface area (Å²) in [4.78, 5) is 15.1. The van der Waals surface area contributed by atoms with E-state index in [1.807, 2.05) is 0 Å². The van der Waals surface area contributed by atoms with Crippen LogP contribution < -0.4 is 4.74 Å². The van der Waals surface area contributed by atoms with Gasteiger partial charge in [-0.25, -0.2) is 4.79 Å². The average Bonchev–Trinajstić information content (AvgIpc) is 2.39. The summed E-state index contributed by atoms with van der Waals surface area (Å²) in [5.74, 6) is -0.214. The van der Waals surface area contributed by atoms with E-state index in [2.05, 4.69) is 30.9 Å². The molecule has 0 radical (unpaired) electrons. The van der Waals surface area contributed by atoms with Gasteiger partial charge in [-0.3, -0.25) is 0 Å². The molecule has 0 aliphatic carbocycles. The number of carboxylic acid groups (broad SMARTS) is 1. The second-order valence-electron chi connectivity index (χ2n) is 5.14. The van der Waals surface area contributed by atoms with Crippen LogP contribution in [0.1, 0.15) is 16.8 Å². The van der Waals surface area contributed by atoms with Crippen molar-refractivity contribution in [3.8, 4) is 5.75 Å². The molecule has 1 aromatic rings. The highest BCUT2D eigenvalue weighted by Gasteiger charge is 2.03. The molecule has 0 spiro atoms. The predicted molar refractivity (Wildman–Crippen MR) is 79.6 cm³/mol. The van der Waals surface area contributed by atoms with Gasteiger partial charge in [-0.1, -0.05) is 0 Å². The summed E-state index contributed by atoms with van der Waals surface area (Å²) in [6.07, 6.45) is 1.14. The number of carbonyl (C=O) groups is 1. The fourth-order valence-corrected chi connectivity index (χ4v) is 1.78. The van der Waals surface area contributed by atoms with Crippen LogP contribution in [0.5, 0.6) is 5.75 Å². The molecule has 0 atom stereocenters. The van der Waals surface area contributed by atoms with Gasteiger partial charge in [-0.2, -0.15) is 0 Å². The van der Waals surface area contributed by atoms with Gasteiger partial charge in [0.15, 0.2) is 0 Å². The zero-order valence-corrected chi connectivity index (χ0v) is 12.5. The Morgan fingerprint density at radius 2 is 1.75 bits per heavy atom. The molecule has 5 nitrogen and oxygen atoms in total. The molecule has 0 bridgehead atoms. The average molecular weight is 280 g/mol. The number of benzene rings is 1. The molecule has 0 heterocycles. The third kappa shape index (κ3) is 6.54. The van der Waals surface area contributed by atoms with Crippen molar-refractivity contribution < 1.29 is 14.6 Å². The maximum Gasteiger partial charge on any atom is 0.335 e. The number of nitrogens with zero attached hydrogens (tertiary/aromatic N) is 2. The van der Waals surface area contributed by atoms with Crippen molar-refractivity contribution >= 4 is 5.97 Å². The van der Waals surface area contributed by atoms with E-state index in [0.29, 0.717) is 12.4 Å². The Labute approximate surface area is 120 Å². The quantitative estimate of drug-likeness (QED) is 0.745. The summed E-state index contributed by atoms with van der Waals surface area (Å²) in [5.41, 5.74) is 0.276. The lowest BCUT2D eigenvalue weighted by atomic mass is 10.2. The predicted octanol–water partition coefficient (Wildman–Crippen LogP) is 1.65. The van der Waals surface area contributed by atoms with E-state index in [4.69, 9.17) is 9.84 Å². The monoisotopic (exact) mass is 280 g/mol. The number of aromatic carboxylic acids is 1. The largest absolute Gasteiger partial charge is 0.492 e. The van der Waals surface area contributed by atoms with Crippen molar-refractivity contribution in [1.29, 1.82) is 0 Å². The van der Waals surface area contributed by atoms with Crippen LogP contribution in [-0.4, -0.2) is 68.3 Å². The minimum absolute atomic E-state index is 0.276. The summed E-state index contributed by atoms with van der Waals surface area (Å²) >= 11 is 0. The molecular weight excluding hydrogens is 256 g/mol. The van der Waals surface area contributed by atoms with Gasteiger partial charge in [0, 0.05) is 6.54 Å². The Hall–Kier alpha value is -1.59. The van der Waals surface area contributed by atoms with Crippen molar-refractivity contribution in [2.45, 2.75) is 6.42 Å². The molecule has 0 saturated carbocycles. The van der Waals surface area contributed by atoms with Crippen molar-refractivity contribution in [3.63, 3.8) is 0 Å². The maximum atomic E-state index is 10.7. The topological polar surface area (TPSA) is 53.0 Å². The third-order valence-electron chi connectivity index (χ3n) is 2.99. The van der Waals surface area contributed by atoms with Crippen LogP contribution in [0, 0.1) is 0 Å². The molecule has 1 aromatic carbocycles. The Bertz CT molecular complexity index is 404. The smallest absolute Gasteiger partial charge is 0.335 e. The lowest BCUT2D eigenvalue weighted by molar-refractivity contribution is 0.0697. The molecule has 0 amide bonds. The zero-order chi connectivity index (χ0) is 15.0. The highest BCUT2D eigenvalue weighted by atomic mass is 16.5. The third-order valence-corrected chi connectivity index (χ3v) is 2.99. The van der Waals surface area contributed by atoms with Gasteiger partial charge >= 0.3 is 5.97 Å². The van der Waals surface area contributed by atoms with Crippen LogP contribution in [0.3, 0.4) is 0 Å². The molecular formula is C15H24N2O3. The minimum Gasteiger partial charge on any atom is -0.492 e. The van der Waals surface area contributed by atoms with Crippen molar-refractivity contribution in [2.75, 3.05) is 47.4 Å². The molecule has 0 saturated heterocycles. The molecule has 112 valence electrons. The van der Waals surface area contributed by atoms with Crippen molar-refractivity contribution in [1.82, 2.24) is 9.80 Å². The summed E-state index contributed by atoms with van der Waals surface area (Å²) in [6, 6.07) is 6.49. The Morgan fingerprint density at radius 1 is 1.10 bits per heavy atom. The highest BCUT2D eigenvalue weighted by Crippen LogP contribution is 2.12. The van der Waals surface area contributed by atoms with Gasteiger partial charge in [0.2, 0.25) is 0 Å². The first-order valence-electron chi connectivity index (χ1n) is 6.78. The first-order valence-corrected chi connectivity index (χ1v) is 6.78. The van der Waals surface area contributed by atoms with E-state index in [0.717, 1.165) is 26.1 Å². The van der Waals surface area contributed by atoms with Gasteiger partial charge in [0.25, 0.3) is 0 Å². The van der Waals surface area contributed by atoms with Crippen LogP contribution in [-0.2, 0) is 0 Å². The second kappa shape index (κ2) is 8.55. The van der Waals surface area contributed by atoms with E-state index in [-0.39, 0.29) is 5.56 Å². The maximum absolute atomic E-state index is 10.7. The van der Waals surface area contributed by atoms with Gasteiger partial charge in [0.05, 0.1) is 5.56 Å². The SMILES string of the molecule is CN(C)CCCN(C)CCOc1ccc(C(=O)O)cc1. The van der Waals surface area contributed by atoms with Crippen LogP contribution in [0.4, 0.5) is 0 Å². The summed E-state index contributed by atoms with van der Waals surface area (Å²) < 4.78 is 5.59. The van der Waals surface area contributed by atoms with E-state index < -0.39 is 5.97 Å². The molecule has 0 aliphatic heterocycles. The van der Waals surface area contributed by atoms with Crippen molar-refractivity contribution in [2.24, 2.45) is 0 Å². The Kier molecular flexibility index (Phi) is 7.04. The molecule has 1 N–H and O–H groups in total. The van der Waals surface area contributed by atoms with E-state index >= 15 is 0 Å². The zero-order valence-electron chi connectivity index (χ0n) is 12.5. The fourth-order valence-electron chi connectivity index (χ4n) is 1.78. The molecule has 0 fully saturated rings. The fraction of sp³-hybridized carbons (Fsp3) is 0.533. The van der Waals surface area contributed by atoms with E-state index in [9.17, 15) is 4.79 Å². The standard InChI is InChI=1S/C15H24N2O3/c1-16(2)9-4-10-17(3)11-12-20-14-7-5-13(6-8-14)15(18)19/h5-8H,4,9-12H2,1-3H3,(H,18,19). The highest BCUT2D eigenvalue weighted by molar-refractivity contribution is 5.87. The summed E-state index contributed by atoms with van der Waals surface area (Å²) in [6.45, 7) is 3.58. The molecule has 0 unspecified atom stereocenters. The van der Waals surface area contributed by atoms with Gasteiger partial charge in [-0.05, 0) is 64.9 Å². The lowest BCUT2D eigenvalue weighted by Crippen LogP contribution is -2.27. The van der Waals surface area contributed by atoms with Crippen LogP contribution in [0.2, 0.25) is 0 Å². The molecule has 0 aromatic heterocycles. The van der Waals surface area contributed by atoms with Crippen LogP contribution in [0.15, 0.2) is 24.3 Å². The molecule has 5 heteroatoms. The Balaban J connectivity index is 2.21. The first kappa shape index (κ1) is 16.5. The summed E-state index contributed by atoms with van der Waals surface area (Å²) in [5, 5.41) is 8.80. The van der Waals surface area contributed by atoms with Crippen LogP contribution >= 0.6 is 0 Å². The van der Waals surface area contributed by atoms with Gasteiger partial charge < -0.3 is 19.6 Å². The second-order valence-corrected chi connectivity index (χ2v) is 5.14. The minimum atomic E-state index is -0.919. The normalized spacial score (nSPS) is 11.1. The number of hydrogen-bond donors (Lipinski definition) is 1. The molecule has 0 aliphatic rings. The van der Waals surface area contributed by atoms with Gasteiger partial charge in [0.1, 0.15) is 12.4 Å². The molecule has 1 rings (SSSR count). The van der Waals surface area contributed by atoms with Crippen molar-refractivity contribution in [3.05, 3.63) is 29.8 Å². The van der Waals surface area contributed by atoms with E-state index in [1.54, 1.807) is 24.3 Å². The van der Waals surface area contributed by atoms with Crippen LogP contribution in [0.25, 0.3) is 0 Å². The van der Waals surface area contributed by atoms with Gasteiger partial charge in [-0.15, -0.1) is 0 Å². The van der Waals surface area contributed by atoms with E-state index in [1.165, 1.54) is 0 Å². The number of carboxylic acids is 1. The lowest BCUT2D eigenvalue weighted by Gasteiger charge is -2.18. The Morgan fingerprint density at radius 3 is 2.30 bits per heavy atom. The number of likely N-dealkylation sites (N-methyl/N-ethyl adjacent to an activating group) is 1. The number of rotatable bonds is 9. The number of hydrogen-bond acceptors (Lipinski definition) is 4. The number of ether oxygens (including phenoxy) is 1. The first-order chi connectivity index (χ1) is 9.49. The molecule has 20 heavy (non-hydrogen) atoms.